The van der Waals surface area contributed by atoms with Crippen molar-refractivity contribution in [1.82, 2.24) is 5.32 Å². The van der Waals surface area contributed by atoms with Crippen molar-refractivity contribution in [2.75, 3.05) is 41.1 Å². The first-order valence-electron chi connectivity index (χ1n) is 8.23. The van der Waals surface area contributed by atoms with Gasteiger partial charge in [-0.3, -0.25) is 4.79 Å². The number of nitrogens with one attached hydrogen (secondary N) is 1. The molecule has 0 bridgehead atoms. The van der Waals surface area contributed by atoms with Gasteiger partial charge < -0.3 is 33.8 Å². The van der Waals surface area contributed by atoms with Crippen LogP contribution in [0.5, 0.6) is 17.2 Å². The molecule has 0 saturated carbocycles. The lowest BCUT2D eigenvalue weighted by molar-refractivity contribution is -0.123. The molecule has 26 heavy (non-hydrogen) atoms. The molecule has 0 fully saturated rings. The lowest BCUT2D eigenvalue weighted by atomic mass is 10.1. The highest BCUT2D eigenvalue weighted by Gasteiger charge is 2.16. The maximum Gasteiger partial charge on any atom is 0.251 e. The number of aldehydes is 1. The average Bonchev–Trinajstić information content (AvgIpc) is 2.65. The predicted molar refractivity (Wildman–Crippen MR) is 97.2 cm³/mol. The summed E-state index contributed by atoms with van der Waals surface area (Å²) in [6, 6.07) is 3.03. The van der Waals surface area contributed by atoms with Gasteiger partial charge >= 0.3 is 0 Å². The van der Waals surface area contributed by atoms with E-state index in [2.05, 4.69) is 5.32 Å². The molecule has 1 aromatic carbocycles. The molecule has 0 spiro atoms. The molecule has 1 N–H and O–H groups in total. The molecule has 0 aliphatic carbocycles. The summed E-state index contributed by atoms with van der Waals surface area (Å²) in [7, 11) is 4.40. The van der Waals surface area contributed by atoms with E-state index in [1.165, 1.54) is 33.5 Å². The zero-order valence-electron chi connectivity index (χ0n) is 16.3. The van der Waals surface area contributed by atoms with Crippen molar-refractivity contribution >= 4 is 12.2 Å². The summed E-state index contributed by atoms with van der Waals surface area (Å²) >= 11 is 0. The molecule has 1 amide bonds. The maximum absolute atomic E-state index is 11.7. The average molecular weight is 371 g/mol. The largest absolute Gasteiger partial charge is 0.493 e. The van der Waals surface area contributed by atoms with Crippen molar-refractivity contribution in [3.8, 4) is 17.2 Å². The summed E-state index contributed by atoms with van der Waals surface area (Å²) in [5.74, 6) is 0.787. The summed E-state index contributed by atoms with van der Waals surface area (Å²) in [6.45, 7) is 7.20. The Morgan fingerprint density at radius 3 is 1.88 bits per heavy atom. The van der Waals surface area contributed by atoms with E-state index in [0.717, 1.165) is 13.2 Å². The number of amides is 1. The van der Waals surface area contributed by atoms with Crippen LogP contribution in [0.2, 0.25) is 0 Å². The highest BCUT2D eigenvalue weighted by molar-refractivity contribution is 5.96. The van der Waals surface area contributed by atoms with E-state index in [-0.39, 0.29) is 18.7 Å². The highest BCUT2D eigenvalue weighted by Crippen LogP contribution is 2.38. The van der Waals surface area contributed by atoms with E-state index < -0.39 is 0 Å². The number of ether oxygens (including phenoxy) is 5. The molecule has 0 radical (unpaired) electrons. The van der Waals surface area contributed by atoms with E-state index in [4.69, 9.17) is 23.7 Å². The van der Waals surface area contributed by atoms with E-state index >= 15 is 0 Å². The van der Waals surface area contributed by atoms with E-state index in [0.29, 0.717) is 29.1 Å². The molecule has 0 aliphatic heterocycles. The first-order chi connectivity index (χ1) is 12.5. The van der Waals surface area contributed by atoms with Crippen molar-refractivity contribution in [2.24, 2.45) is 0 Å². The van der Waals surface area contributed by atoms with Gasteiger partial charge in [0.05, 0.1) is 27.9 Å². The molecule has 8 nitrogen and oxygen atoms in total. The third-order valence-electron chi connectivity index (χ3n) is 3.08. The van der Waals surface area contributed by atoms with Crippen LogP contribution in [0.4, 0.5) is 0 Å². The smallest absolute Gasteiger partial charge is 0.251 e. The lowest BCUT2D eigenvalue weighted by Gasteiger charge is -2.13. The van der Waals surface area contributed by atoms with Crippen molar-refractivity contribution in [3.05, 3.63) is 17.7 Å². The van der Waals surface area contributed by atoms with Crippen LogP contribution >= 0.6 is 0 Å². The third kappa shape index (κ3) is 8.17. The summed E-state index contributed by atoms with van der Waals surface area (Å²) in [5, 5.41) is 2.43. The van der Waals surface area contributed by atoms with Crippen LogP contribution in [0.25, 0.3) is 0 Å². The quantitative estimate of drug-likeness (QED) is 0.497. The Morgan fingerprint density at radius 1 is 1.04 bits per heavy atom. The summed E-state index contributed by atoms with van der Waals surface area (Å²) in [5.41, 5.74) is 0.325. The maximum atomic E-state index is 11.7. The van der Waals surface area contributed by atoms with Crippen LogP contribution in [0.1, 0.15) is 31.1 Å². The molecule has 1 aromatic rings. The van der Waals surface area contributed by atoms with Gasteiger partial charge in [0.15, 0.2) is 17.8 Å². The van der Waals surface area contributed by atoms with Crippen LogP contribution in [0, 0.1) is 0 Å². The SMILES string of the molecule is CCOC(C)OCC.COc1cc(C(=O)NCC=O)cc(OC)c1OC. The molecule has 0 heterocycles. The summed E-state index contributed by atoms with van der Waals surface area (Å²) < 4.78 is 25.5. The number of hydrogen-bond donors (Lipinski definition) is 1. The number of carbonyl (C=O) groups is 2. The molecular weight excluding hydrogens is 342 g/mol. The number of carbonyl (C=O) groups excluding carboxylic acids is 2. The van der Waals surface area contributed by atoms with Crippen molar-refractivity contribution in [3.63, 3.8) is 0 Å². The van der Waals surface area contributed by atoms with Crippen LogP contribution < -0.4 is 19.5 Å². The normalized spacial score (nSPS) is 9.81. The Morgan fingerprint density at radius 2 is 1.54 bits per heavy atom. The van der Waals surface area contributed by atoms with Crippen LogP contribution in [-0.2, 0) is 14.3 Å². The van der Waals surface area contributed by atoms with Gasteiger partial charge in [0, 0.05) is 18.8 Å². The van der Waals surface area contributed by atoms with Crippen molar-refractivity contribution in [1.29, 1.82) is 0 Å². The fourth-order valence-corrected chi connectivity index (χ4v) is 1.97. The molecule has 8 heteroatoms. The minimum Gasteiger partial charge on any atom is -0.493 e. The second kappa shape index (κ2) is 13.9. The van der Waals surface area contributed by atoms with Gasteiger partial charge in [-0.15, -0.1) is 0 Å². The zero-order valence-corrected chi connectivity index (χ0v) is 16.3. The van der Waals surface area contributed by atoms with Crippen molar-refractivity contribution < 1.29 is 33.3 Å². The zero-order chi connectivity index (χ0) is 19.9. The molecule has 0 aromatic heterocycles. The molecule has 0 aliphatic rings. The van der Waals surface area contributed by atoms with Gasteiger partial charge in [-0.2, -0.15) is 0 Å². The molecular formula is C18H29NO7. The molecule has 0 atom stereocenters. The van der Waals surface area contributed by atoms with Gasteiger partial charge in [-0.05, 0) is 32.9 Å². The standard InChI is InChI=1S/C12H15NO5.C6H14O2/c1-16-9-6-8(12(15)13-4-5-14)7-10(17-2)11(9)18-3;1-4-7-6(3)8-5-2/h5-7H,4H2,1-3H3,(H,13,15);6H,4-5H2,1-3H3. The van der Waals surface area contributed by atoms with Gasteiger partial charge in [-0.1, -0.05) is 0 Å². The summed E-state index contributed by atoms with van der Waals surface area (Å²) in [6.07, 6.45) is 0.570. The van der Waals surface area contributed by atoms with Gasteiger partial charge in [0.1, 0.15) is 6.29 Å². The Kier molecular flexibility index (Phi) is 12.7. The Balaban J connectivity index is 0.000000660. The molecule has 148 valence electrons. The van der Waals surface area contributed by atoms with Gasteiger partial charge in [-0.25, -0.2) is 0 Å². The first-order valence-corrected chi connectivity index (χ1v) is 8.23. The van der Waals surface area contributed by atoms with Gasteiger partial charge in [0.2, 0.25) is 5.75 Å². The minimum absolute atomic E-state index is 0.0370. The fourth-order valence-electron chi connectivity index (χ4n) is 1.97. The first kappa shape index (κ1) is 23.7. The van der Waals surface area contributed by atoms with Crippen molar-refractivity contribution in [2.45, 2.75) is 27.1 Å². The number of methoxy groups -OCH3 is 3. The van der Waals surface area contributed by atoms with E-state index in [1.54, 1.807) is 0 Å². The second-order valence-corrected chi connectivity index (χ2v) is 4.77. The van der Waals surface area contributed by atoms with E-state index in [1.807, 2.05) is 20.8 Å². The summed E-state index contributed by atoms with van der Waals surface area (Å²) in [4.78, 5) is 21.9. The monoisotopic (exact) mass is 371 g/mol. The minimum atomic E-state index is -0.388. The Bertz CT molecular complexity index is 517. The van der Waals surface area contributed by atoms with Crippen LogP contribution in [0.3, 0.4) is 0 Å². The predicted octanol–water partition coefficient (Wildman–Crippen LogP) is 2.05. The van der Waals surface area contributed by atoms with Crippen LogP contribution in [-0.4, -0.2) is 59.6 Å². The van der Waals surface area contributed by atoms with E-state index in [9.17, 15) is 9.59 Å². The Hall–Kier alpha value is -2.32. The fraction of sp³-hybridized carbons (Fsp3) is 0.556. The topological polar surface area (TPSA) is 92.3 Å². The van der Waals surface area contributed by atoms with Crippen LogP contribution in [0.15, 0.2) is 12.1 Å². The molecule has 0 saturated heterocycles. The Labute approximate surface area is 154 Å². The third-order valence-corrected chi connectivity index (χ3v) is 3.08. The molecule has 1 rings (SSSR count). The number of rotatable bonds is 10. The number of benzene rings is 1. The second-order valence-electron chi connectivity index (χ2n) is 4.77. The number of hydrogen-bond acceptors (Lipinski definition) is 7. The molecule has 0 unspecified atom stereocenters. The van der Waals surface area contributed by atoms with Gasteiger partial charge in [0.25, 0.3) is 5.91 Å². The highest BCUT2D eigenvalue weighted by atomic mass is 16.7. The lowest BCUT2D eigenvalue weighted by Crippen LogP contribution is -2.25.